The van der Waals surface area contributed by atoms with Crippen molar-refractivity contribution in [3.05, 3.63) is 18.7 Å². The van der Waals surface area contributed by atoms with Gasteiger partial charge in [0.2, 0.25) is 5.65 Å². The highest BCUT2D eigenvalue weighted by atomic mass is 15.2. The Balaban J connectivity index is 1.67. The maximum absolute atomic E-state index is 4.30. The van der Waals surface area contributed by atoms with Crippen molar-refractivity contribution < 1.29 is 0 Å². The van der Waals surface area contributed by atoms with Crippen LogP contribution < -0.4 is 5.32 Å². The van der Waals surface area contributed by atoms with Crippen molar-refractivity contribution in [2.75, 3.05) is 11.9 Å². The lowest BCUT2D eigenvalue weighted by Gasteiger charge is -2.06. The fraction of sp³-hybridized carbons (Fsp3) is 0.643. The number of rotatable bonds is 8. The van der Waals surface area contributed by atoms with Crippen LogP contribution in [0.3, 0.4) is 0 Å². The van der Waals surface area contributed by atoms with Gasteiger partial charge in [-0.2, -0.15) is 0 Å². The molecule has 0 amide bonds. The van der Waals surface area contributed by atoms with Crippen LogP contribution in [-0.4, -0.2) is 26.1 Å². The van der Waals surface area contributed by atoms with Gasteiger partial charge in [-0.3, -0.25) is 4.40 Å². The second-order valence-corrected chi connectivity index (χ2v) is 5.36. The molecule has 5 nitrogen and oxygen atoms in total. The third-order valence-electron chi connectivity index (χ3n) is 3.22. The molecule has 2 heterocycles. The Labute approximate surface area is 114 Å². The number of hydrogen-bond acceptors (Lipinski definition) is 4. The monoisotopic (exact) mass is 261 g/mol. The summed E-state index contributed by atoms with van der Waals surface area (Å²) in [5.74, 6) is 1.65. The van der Waals surface area contributed by atoms with E-state index < -0.39 is 0 Å². The summed E-state index contributed by atoms with van der Waals surface area (Å²) >= 11 is 0. The van der Waals surface area contributed by atoms with E-state index in [9.17, 15) is 0 Å². The van der Waals surface area contributed by atoms with Crippen molar-refractivity contribution in [1.82, 2.24) is 19.6 Å². The van der Waals surface area contributed by atoms with Gasteiger partial charge >= 0.3 is 0 Å². The molecule has 5 heteroatoms. The van der Waals surface area contributed by atoms with E-state index in [2.05, 4.69) is 34.3 Å². The van der Waals surface area contributed by atoms with E-state index in [1.807, 2.05) is 10.6 Å². The smallest absolute Gasteiger partial charge is 0.203 e. The largest absolute Gasteiger partial charge is 0.367 e. The molecule has 0 atom stereocenters. The summed E-state index contributed by atoms with van der Waals surface area (Å²) in [6.45, 7) is 5.51. The molecule has 0 aliphatic rings. The Hall–Kier alpha value is -1.65. The summed E-state index contributed by atoms with van der Waals surface area (Å²) in [6.07, 6.45) is 11.8. The lowest BCUT2D eigenvalue weighted by molar-refractivity contribution is 0.523. The van der Waals surface area contributed by atoms with Crippen LogP contribution in [0.5, 0.6) is 0 Å². The maximum Gasteiger partial charge on any atom is 0.203 e. The molecule has 0 fully saturated rings. The fourth-order valence-corrected chi connectivity index (χ4v) is 2.12. The summed E-state index contributed by atoms with van der Waals surface area (Å²) in [6, 6.07) is 0. The Morgan fingerprint density at radius 1 is 1.21 bits per heavy atom. The van der Waals surface area contributed by atoms with Crippen molar-refractivity contribution in [3.63, 3.8) is 0 Å². The van der Waals surface area contributed by atoms with Crippen molar-refractivity contribution in [2.24, 2.45) is 5.92 Å². The van der Waals surface area contributed by atoms with Crippen LogP contribution >= 0.6 is 0 Å². The van der Waals surface area contributed by atoms with Crippen LogP contribution in [0.2, 0.25) is 0 Å². The molecule has 0 aliphatic carbocycles. The lowest BCUT2D eigenvalue weighted by atomic mass is 10.0. The minimum Gasteiger partial charge on any atom is -0.367 e. The molecule has 0 saturated carbocycles. The van der Waals surface area contributed by atoms with Gasteiger partial charge in [-0.25, -0.2) is 4.98 Å². The molecule has 0 unspecified atom stereocenters. The van der Waals surface area contributed by atoms with Crippen molar-refractivity contribution in [3.8, 4) is 0 Å². The Bertz CT molecular complexity index is 491. The van der Waals surface area contributed by atoms with Gasteiger partial charge in [0.05, 0.1) is 0 Å². The summed E-state index contributed by atoms with van der Waals surface area (Å²) in [7, 11) is 0. The molecule has 0 aliphatic heterocycles. The third kappa shape index (κ3) is 4.19. The number of nitrogens with zero attached hydrogens (tertiary/aromatic N) is 4. The second-order valence-electron chi connectivity index (χ2n) is 5.36. The zero-order valence-corrected chi connectivity index (χ0v) is 11.8. The van der Waals surface area contributed by atoms with E-state index in [1.165, 1.54) is 32.1 Å². The van der Waals surface area contributed by atoms with E-state index in [0.29, 0.717) is 0 Å². The van der Waals surface area contributed by atoms with Gasteiger partial charge in [-0.05, 0) is 12.3 Å². The topological polar surface area (TPSA) is 55.1 Å². The molecule has 19 heavy (non-hydrogen) atoms. The minimum absolute atomic E-state index is 0.794. The first-order valence-corrected chi connectivity index (χ1v) is 7.15. The van der Waals surface area contributed by atoms with Gasteiger partial charge in [-0.15, -0.1) is 10.2 Å². The first-order chi connectivity index (χ1) is 9.27. The molecule has 0 aromatic carbocycles. The first-order valence-electron chi connectivity index (χ1n) is 7.15. The number of hydrogen-bond donors (Lipinski definition) is 1. The predicted molar refractivity (Wildman–Crippen MR) is 77.2 cm³/mol. The number of anilines is 1. The zero-order chi connectivity index (χ0) is 13.5. The van der Waals surface area contributed by atoms with Crippen LogP contribution in [0.15, 0.2) is 18.7 Å². The van der Waals surface area contributed by atoms with Gasteiger partial charge in [0.25, 0.3) is 0 Å². The molecule has 104 valence electrons. The Kier molecular flexibility index (Phi) is 5.12. The van der Waals surface area contributed by atoms with Crippen LogP contribution in [0.4, 0.5) is 5.82 Å². The number of nitrogens with one attached hydrogen (secondary N) is 1. The molecule has 1 N–H and O–H groups in total. The standard InChI is InChI=1S/C14H23N5/c1-12(2)7-5-3-4-6-8-15-13-14-18-17-11-19(14)10-9-16-13/h9-12H,3-8H2,1-2H3,(H,15,16). The van der Waals surface area contributed by atoms with Gasteiger partial charge in [0.1, 0.15) is 6.33 Å². The van der Waals surface area contributed by atoms with E-state index in [0.717, 1.165) is 23.9 Å². The average Bonchev–Trinajstić information content (AvgIpc) is 2.86. The van der Waals surface area contributed by atoms with E-state index in [1.54, 1.807) is 12.5 Å². The first kappa shape index (κ1) is 13.8. The van der Waals surface area contributed by atoms with Crippen molar-refractivity contribution in [1.29, 1.82) is 0 Å². The van der Waals surface area contributed by atoms with Gasteiger partial charge < -0.3 is 5.32 Å². The summed E-state index contributed by atoms with van der Waals surface area (Å²) in [4.78, 5) is 4.30. The summed E-state index contributed by atoms with van der Waals surface area (Å²) in [5.41, 5.74) is 0.794. The van der Waals surface area contributed by atoms with Crippen LogP contribution in [-0.2, 0) is 0 Å². The van der Waals surface area contributed by atoms with Crippen molar-refractivity contribution >= 4 is 11.5 Å². The molecular weight excluding hydrogens is 238 g/mol. The zero-order valence-electron chi connectivity index (χ0n) is 11.8. The highest BCUT2D eigenvalue weighted by Gasteiger charge is 2.03. The fourth-order valence-electron chi connectivity index (χ4n) is 2.12. The Morgan fingerprint density at radius 2 is 2.05 bits per heavy atom. The molecule has 2 aromatic heterocycles. The van der Waals surface area contributed by atoms with Crippen LogP contribution in [0.1, 0.15) is 46.0 Å². The predicted octanol–water partition coefficient (Wildman–Crippen LogP) is 3.14. The summed E-state index contributed by atoms with van der Waals surface area (Å²) in [5, 5.41) is 11.3. The summed E-state index contributed by atoms with van der Waals surface area (Å²) < 4.78 is 1.87. The second kappa shape index (κ2) is 7.07. The SMILES string of the molecule is CC(C)CCCCCCNc1nccn2cnnc12. The minimum atomic E-state index is 0.794. The van der Waals surface area contributed by atoms with Gasteiger partial charge in [-0.1, -0.05) is 39.5 Å². The quantitative estimate of drug-likeness (QED) is 0.742. The highest BCUT2D eigenvalue weighted by Crippen LogP contribution is 2.11. The van der Waals surface area contributed by atoms with Gasteiger partial charge in [0, 0.05) is 18.9 Å². The normalized spacial score (nSPS) is 11.3. The van der Waals surface area contributed by atoms with E-state index >= 15 is 0 Å². The number of aromatic nitrogens is 4. The number of unbranched alkanes of at least 4 members (excludes halogenated alkanes) is 3. The van der Waals surface area contributed by atoms with Crippen LogP contribution in [0, 0.1) is 5.92 Å². The van der Waals surface area contributed by atoms with Crippen LogP contribution in [0.25, 0.3) is 5.65 Å². The lowest BCUT2D eigenvalue weighted by Crippen LogP contribution is -2.05. The molecule has 0 bridgehead atoms. The molecule has 0 radical (unpaired) electrons. The number of fused-ring (bicyclic) bond motifs is 1. The third-order valence-corrected chi connectivity index (χ3v) is 3.22. The molecule has 0 spiro atoms. The Morgan fingerprint density at radius 3 is 2.89 bits per heavy atom. The average molecular weight is 261 g/mol. The maximum atomic E-state index is 4.30. The molecule has 2 rings (SSSR count). The molecular formula is C14H23N5. The van der Waals surface area contributed by atoms with E-state index in [-0.39, 0.29) is 0 Å². The van der Waals surface area contributed by atoms with Gasteiger partial charge in [0.15, 0.2) is 5.82 Å². The highest BCUT2D eigenvalue weighted by molar-refractivity contribution is 5.61. The van der Waals surface area contributed by atoms with Crippen molar-refractivity contribution in [2.45, 2.75) is 46.0 Å². The molecule has 0 saturated heterocycles. The molecule has 2 aromatic rings. The van der Waals surface area contributed by atoms with E-state index in [4.69, 9.17) is 0 Å².